The summed E-state index contributed by atoms with van der Waals surface area (Å²) >= 11 is 0. The van der Waals surface area contributed by atoms with Crippen molar-refractivity contribution < 1.29 is 24.1 Å². The fourth-order valence-electron chi connectivity index (χ4n) is 11.5. The third kappa shape index (κ3) is 4.29. The maximum atomic E-state index is 14.8. The van der Waals surface area contributed by atoms with Crippen molar-refractivity contribution in [3.05, 3.63) is 63.5 Å². The summed E-state index contributed by atoms with van der Waals surface area (Å²) < 4.78 is 23.4. The van der Waals surface area contributed by atoms with Gasteiger partial charge in [0.2, 0.25) is 0 Å². The van der Waals surface area contributed by atoms with Gasteiger partial charge >= 0.3 is 17.3 Å². The van der Waals surface area contributed by atoms with E-state index >= 15 is 0 Å². The minimum Gasteiger partial charge on any atom is -0.463 e. The number of benzene rings is 1. The Morgan fingerprint density at radius 3 is 2.47 bits per heavy atom. The van der Waals surface area contributed by atoms with Gasteiger partial charge in [-0.25, -0.2) is 23.5 Å². The number of aliphatic hydroxyl groups is 1. The van der Waals surface area contributed by atoms with E-state index in [0.29, 0.717) is 37.0 Å². The molecule has 10 heteroatoms. The van der Waals surface area contributed by atoms with Crippen LogP contribution < -0.4 is 11.4 Å². The maximum absolute atomic E-state index is 14.8. The van der Waals surface area contributed by atoms with Crippen molar-refractivity contribution in [1.29, 1.82) is 0 Å². The summed E-state index contributed by atoms with van der Waals surface area (Å²) in [6.07, 6.45) is 5.34. The van der Waals surface area contributed by atoms with Crippen molar-refractivity contribution in [2.75, 3.05) is 6.61 Å². The minimum atomic E-state index is -1.19. The van der Waals surface area contributed by atoms with Crippen LogP contribution in [-0.4, -0.2) is 49.6 Å². The number of para-hydroxylation sites is 1. The Morgan fingerprint density at radius 2 is 1.79 bits per heavy atom. The van der Waals surface area contributed by atoms with Crippen LogP contribution in [0.3, 0.4) is 0 Å². The highest BCUT2D eigenvalue weighted by atomic mass is 16.7. The van der Waals surface area contributed by atoms with Crippen LogP contribution in [0.2, 0.25) is 0 Å². The van der Waals surface area contributed by atoms with Gasteiger partial charge in [0.25, 0.3) is 0 Å². The second kappa shape index (κ2) is 10.8. The zero-order valence-electron chi connectivity index (χ0n) is 28.1. The monoisotopic (exact) mass is 647 g/mol. The van der Waals surface area contributed by atoms with E-state index in [2.05, 4.69) is 20.8 Å². The number of aromatic nitrogens is 3. The average Bonchev–Trinajstić information content (AvgIpc) is 3.54. The number of hydrogen-bond donors (Lipinski definition) is 1. The number of fused-ring (bicyclic) bond motifs is 7. The number of nitrogens with zero attached hydrogens (tertiary/aromatic N) is 3. The van der Waals surface area contributed by atoms with Crippen molar-refractivity contribution in [2.45, 2.75) is 115 Å². The van der Waals surface area contributed by atoms with Crippen LogP contribution in [0, 0.1) is 40.9 Å². The van der Waals surface area contributed by atoms with Crippen LogP contribution in [0.1, 0.15) is 91.7 Å². The number of esters is 1. The molecule has 3 aliphatic carbocycles. The van der Waals surface area contributed by atoms with Crippen molar-refractivity contribution in [2.24, 2.45) is 40.9 Å². The van der Waals surface area contributed by atoms with Crippen LogP contribution in [0.25, 0.3) is 5.69 Å². The number of hydrogen-bond acceptors (Lipinski definition) is 7. The van der Waals surface area contributed by atoms with Gasteiger partial charge < -0.3 is 19.3 Å². The molecule has 10 nitrogen and oxygen atoms in total. The number of aliphatic hydroxyl groups excluding tert-OH is 1. The summed E-state index contributed by atoms with van der Waals surface area (Å²) in [5.41, 5.74) is -0.675. The third-order valence-electron chi connectivity index (χ3n) is 13.8. The molecule has 47 heavy (non-hydrogen) atoms. The Labute approximate surface area is 275 Å². The molecule has 2 unspecified atom stereocenters. The van der Waals surface area contributed by atoms with Gasteiger partial charge in [0.05, 0.1) is 23.9 Å². The largest absolute Gasteiger partial charge is 0.463 e. The smallest absolute Gasteiger partial charge is 0.354 e. The highest BCUT2D eigenvalue weighted by Crippen LogP contribution is 2.68. The summed E-state index contributed by atoms with van der Waals surface area (Å²) in [4.78, 5) is 41.0. The molecule has 1 N–H and O–H groups in total. The Balaban J connectivity index is 1.27. The van der Waals surface area contributed by atoms with Crippen molar-refractivity contribution in [3.8, 4) is 5.69 Å². The first-order chi connectivity index (χ1) is 22.4. The second-order valence-electron chi connectivity index (χ2n) is 16.0. The van der Waals surface area contributed by atoms with E-state index in [4.69, 9.17) is 20.8 Å². The Morgan fingerprint density at radius 1 is 1.02 bits per heavy atom. The molecular weight excluding hydrogens is 598 g/mol. The Bertz CT molecular complexity index is 1700. The van der Waals surface area contributed by atoms with Gasteiger partial charge in [-0.1, -0.05) is 45.5 Å². The van der Waals surface area contributed by atoms with Crippen molar-refractivity contribution in [1.82, 2.24) is 13.9 Å². The fraction of sp³-hybridized carbons (Fsp3) is 0.703. The summed E-state index contributed by atoms with van der Waals surface area (Å²) in [5, 5.41) is 12.1. The van der Waals surface area contributed by atoms with E-state index in [1.807, 2.05) is 18.2 Å². The lowest BCUT2D eigenvalue weighted by Crippen LogP contribution is -2.57. The van der Waals surface area contributed by atoms with Gasteiger partial charge in [0, 0.05) is 31.6 Å². The molecule has 0 bridgehead atoms. The SMILES string of the molecule is C=C1[C@@H]2[C@H](CC13[C@@H]1CC[C@H]4C[C@@H](OC(C)=O)CC[C@]4(C)[C@H]1CC(O)n1c(=O)n(-c4ccccc4)c(=O)n13)O[C@]1(CC[C@@H](C)CO1)[C@H]2C. The molecule has 1 aromatic heterocycles. The second-order valence-corrected chi connectivity index (χ2v) is 16.0. The Kier molecular flexibility index (Phi) is 7.18. The van der Waals surface area contributed by atoms with Crippen LogP contribution in [0.15, 0.2) is 52.1 Å². The molecule has 6 aliphatic rings. The molecule has 8 rings (SSSR count). The third-order valence-corrected chi connectivity index (χ3v) is 13.8. The molecular formula is C37H49N3O7. The predicted molar refractivity (Wildman–Crippen MR) is 174 cm³/mol. The number of ether oxygens (including phenoxy) is 3. The Hall–Kier alpha value is -2.95. The lowest BCUT2D eigenvalue weighted by atomic mass is 9.48. The quantitative estimate of drug-likeness (QED) is 0.364. The molecule has 5 fully saturated rings. The van der Waals surface area contributed by atoms with E-state index in [1.165, 1.54) is 16.2 Å². The summed E-state index contributed by atoms with van der Waals surface area (Å²) in [6.45, 7) is 13.7. The lowest BCUT2D eigenvalue weighted by Gasteiger charge is -2.58. The van der Waals surface area contributed by atoms with Crippen LogP contribution in [0.4, 0.5) is 0 Å². The maximum Gasteiger partial charge on any atom is 0.354 e. The van der Waals surface area contributed by atoms with Crippen molar-refractivity contribution in [3.63, 3.8) is 0 Å². The topological polar surface area (TPSA) is 114 Å². The lowest BCUT2D eigenvalue weighted by molar-refractivity contribution is -0.272. The molecule has 0 radical (unpaired) electrons. The van der Waals surface area contributed by atoms with E-state index in [-0.39, 0.29) is 47.3 Å². The van der Waals surface area contributed by atoms with E-state index in [9.17, 15) is 19.5 Å². The van der Waals surface area contributed by atoms with Gasteiger partial charge in [0.15, 0.2) is 12.0 Å². The van der Waals surface area contributed by atoms with Gasteiger partial charge in [-0.2, -0.15) is 0 Å². The van der Waals surface area contributed by atoms with Crippen LogP contribution in [-0.2, 0) is 24.5 Å². The average molecular weight is 648 g/mol. The summed E-state index contributed by atoms with van der Waals surface area (Å²) in [6, 6.07) is 8.99. The normalized spacial score (nSPS) is 44.0. The van der Waals surface area contributed by atoms with E-state index < -0.39 is 28.9 Å². The molecule has 4 heterocycles. The minimum absolute atomic E-state index is 0.0116. The van der Waals surface area contributed by atoms with Gasteiger partial charge in [-0.05, 0) is 91.7 Å². The van der Waals surface area contributed by atoms with Gasteiger partial charge in [-0.3, -0.25) is 4.79 Å². The van der Waals surface area contributed by atoms with E-state index in [1.54, 1.807) is 16.8 Å². The van der Waals surface area contributed by atoms with E-state index in [0.717, 1.165) is 50.5 Å². The number of carbonyl (C=O) groups excluding carboxylic acids is 1. The zero-order chi connectivity index (χ0) is 33.0. The first-order valence-corrected chi connectivity index (χ1v) is 17.8. The standard InChI is InChI=1S/C37H49N3O7/c1-21-13-16-37(45-20-21)23(3)32-22(2)36(19-30(32)47-37)28-12-11-25-17-27(46-24(4)41)14-15-35(25,5)29(28)18-31(42)39-33(43)38(34(44)40(36)39)26-9-7-6-8-10-26/h6-10,21,23,25,27-32,42H,2,11-20H2,1,3-5H3/t21-,23+,25+,27+,28-,29+,30+,31?,32+,35+,36?,37-/m1/s1. The van der Waals surface area contributed by atoms with Crippen LogP contribution >= 0.6 is 0 Å². The first-order valence-electron chi connectivity index (χ1n) is 17.8. The molecule has 2 saturated heterocycles. The fourth-order valence-corrected chi connectivity index (χ4v) is 11.5. The molecule has 2 aromatic rings. The molecule has 0 amide bonds. The first kappa shape index (κ1) is 31.3. The number of carbonyl (C=O) groups is 1. The molecule has 3 aliphatic heterocycles. The highest BCUT2D eigenvalue weighted by molar-refractivity contribution is 5.66. The van der Waals surface area contributed by atoms with Crippen molar-refractivity contribution >= 4 is 5.97 Å². The molecule has 1 aromatic carbocycles. The number of rotatable bonds is 2. The van der Waals surface area contributed by atoms with Crippen LogP contribution in [0.5, 0.6) is 0 Å². The van der Waals surface area contributed by atoms with Gasteiger partial charge in [-0.15, -0.1) is 0 Å². The molecule has 3 saturated carbocycles. The van der Waals surface area contributed by atoms with Gasteiger partial charge in [0.1, 0.15) is 6.10 Å². The molecule has 12 atom stereocenters. The molecule has 2 spiro atoms. The summed E-state index contributed by atoms with van der Waals surface area (Å²) in [5.74, 6) is -0.205. The zero-order valence-corrected chi connectivity index (χ0v) is 28.1. The molecule has 254 valence electrons. The summed E-state index contributed by atoms with van der Waals surface area (Å²) in [7, 11) is 0. The highest BCUT2D eigenvalue weighted by Gasteiger charge is 2.69. The predicted octanol–water partition coefficient (Wildman–Crippen LogP) is 4.91.